The molecule has 1 aromatic heterocycles. The van der Waals surface area contributed by atoms with Crippen LogP contribution in [0.15, 0.2) is 44.7 Å². The van der Waals surface area contributed by atoms with Crippen molar-refractivity contribution in [2.24, 2.45) is 0 Å². The van der Waals surface area contributed by atoms with Gasteiger partial charge in [-0.05, 0) is 25.1 Å². The SMILES string of the molecule is CCOCc1nc(NC)cc(Sc2cccc(Br)c2)n1. The summed E-state index contributed by atoms with van der Waals surface area (Å²) in [6.07, 6.45) is 0. The van der Waals surface area contributed by atoms with Gasteiger partial charge < -0.3 is 10.1 Å². The monoisotopic (exact) mass is 353 g/mol. The van der Waals surface area contributed by atoms with E-state index in [1.807, 2.05) is 32.2 Å². The van der Waals surface area contributed by atoms with E-state index in [1.54, 1.807) is 11.8 Å². The second kappa shape index (κ2) is 7.61. The molecule has 0 amide bonds. The standard InChI is InChI=1S/C14H16BrN3OS/c1-3-19-9-13-17-12(16-2)8-14(18-13)20-11-6-4-5-10(15)7-11/h4-8H,3,9H2,1-2H3,(H,16,17,18). The molecule has 2 aromatic rings. The van der Waals surface area contributed by atoms with Crippen LogP contribution in [0.25, 0.3) is 0 Å². The van der Waals surface area contributed by atoms with Crippen molar-refractivity contribution in [3.8, 4) is 0 Å². The molecule has 106 valence electrons. The highest BCUT2D eigenvalue weighted by molar-refractivity contribution is 9.10. The molecule has 6 heteroatoms. The zero-order valence-corrected chi connectivity index (χ0v) is 13.8. The Hall–Kier alpha value is -1.11. The van der Waals surface area contributed by atoms with Crippen LogP contribution in [0.5, 0.6) is 0 Å². The third-order valence-corrected chi connectivity index (χ3v) is 3.86. The Morgan fingerprint density at radius 1 is 1.30 bits per heavy atom. The molecule has 2 rings (SSSR count). The van der Waals surface area contributed by atoms with Crippen LogP contribution in [0.2, 0.25) is 0 Å². The van der Waals surface area contributed by atoms with Crippen LogP contribution in [-0.4, -0.2) is 23.6 Å². The Kier molecular flexibility index (Phi) is 5.82. The van der Waals surface area contributed by atoms with Crippen LogP contribution in [0.3, 0.4) is 0 Å². The minimum atomic E-state index is 0.429. The molecule has 0 unspecified atom stereocenters. The highest BCUT2D eigenvalue weighted by Gasteiger charge is 2.06. The summed E-state index contributed by atoms with van der Waals surface area (Å²) < 4.78 is 6.43. The lowest BCUT2D eigenvalue weighted by Gasteiger charge is -2.08. The zero-order valence-electron chi connectivity index (χ0n) is 11.4. The fourth-order valence-corrected chi connectivity index (χ4v) is 3.01. The van der Waals surface area contributed by atoms with E-state index in [-0.39, 0.29) is 0 Å². The van der Waals surface area contributed by atoms with Crippen molar-refractivity contribution >= 4 is 33.5 Å². The first kappa shape index (κ1) is 15.3. The summed E-state index contributed by atoms with van der Waals surface area (Å²) in [5, 5.41) is 3.95. The third kappa shape index (κ3) is 4.47. The van der Waals surface area contributed by atoms with Crippen LogP contribution in [0, 0.1) is 0 Å². The number of hydrogen-bond acceptors (Lipinski definition) is 5. The topological polar surface area (TPSA) is 47.0 Å². The highest BCUT2D eigenvalue weighted by Crippen LogP contribution is 2.29. The van der Waals surface area contributed by atoms with Gasteiger partial charge in [-0.25, -0.2) is 9.97 Å². The average Bonchev–Trinajstić information content (AvgIpc) is 2.45. The summed E-state index contributed by atoms with van der Waals surface area (Å²) in [7, 11) is 1.85. The number of benzene rings is 1. The molecule has 0 saturated carbocycles. The Morgan fingerprint density at radius 3 is 2.85 bits per heavy atom. The Balaban J connectivity index is 2.21. The van der Waals surface area contributed by atoms with E-state index in [2.05, 4.69) is 43.3 Å². The Morgan fingerprint density at radius 2 is 2.15 bits per heavy atom. The number of rotatable bonds is 6. The Bertz CT molecular complexity index is 580. The van der Waals surface area contributed by atoms with Crippen LogP contribution in [0.4, 0.5) is 5.82 Å². The molecule has 0 aliphatic heterocycles. The summed E-state index contributed by atoms with van der Waals surface area (Å²) in [5.41, 5.74) is 0. The van der Waals surface area contributed by atoms with E-state index in [1.165, 1.54) is 0 Å². The second-order valence-electron chi connectivity index (χ2n) is 3.95. The van der Waals surface area contributed by atoms with Crippen molar-refractivity contribution in [1.29, 1.82) is 0 Å². The minimum absolute atomic E-state index is 0.429. The predicted molar refractivity (Wildman–Crippen MR) is 85.2 cm³/mol. The summed E-state index contributed by atoms with van der Waals surface area (Å²) >= 11 is 5.08. The lowest BCUT2D eigenvalue weighted by Crippen LogP contribution is -2.03. The average molecular weight is 354 g/mol. The first-order valence-electron chi connectivity index (χ1n) is 6.28. The molecule has 0 aliphatic carbocycles. The van der Waals surface area contributed by atoms with Gasteiger partial charge in [-0.1, -0.05) is 33.8 Å². The predicted octanol–water partition coefficient (Wildman–Crippen LogP) is 3.97. The number of anilines is 1. The van der Waals surface area contributed by atoms with Gasteiger partial charge in [0.15, 0.2) is 5.82 Å². The maximum absolute atomic E-state index is 5.37. The molecule has 1 heterocycles. The van der Waals surface area contributed by atoms with Gasteiger partial charge in [0.05, 0.1) is 0 Å². The zero-order chi connectivity index (χ0) is 14.4. The summed E-state index contributed by atoms with van der Waals surface area (Å²) in [5.74, 6) is 1.49. The van der Waals surface area contributed by atoms with Gasteiger partial charge in [0, 0.05) is 29.1 Å². The molecule has 0 spiro atoms. The van der Waals surface area contributed by atoms with Crippen molar-refractivity contribution in [3.05, 3.63) is 40.6 Å². The lowest BCUT2D eigenvalue weighted by molar-refractivity contribution is 0.128. The molecule has 1 aromatic carbocycles. The number of halogens is 1. The van der Waals surface area contributed by atoms with Crippen molar-refractivity contribution < 1.29 is 4.74 Å². The second-order valence-corrected chi connectivity index (χ2v) is 5.96. The molecule has 1 N–H and O–H groups in total. The van der Waals surface area contributed by atoms with Crippen LogP contribution < -0.4 is 5.32 Å². The molecule has 0 fully saturated rings. The largest absolute Gasteiger partial charge is 0.374 e. The van der Waals surface area contributed by atoms with E-state index in [0.29, 0.717) is 19.0 Å². The number of nitrogens with one attached hydrogen (secondary N) is 1. The maximum atomic E-state index is 5.37. The van der Waals surface area contributed by atoms with Crippen LogP contribution in [0.1, 0.15) is 12.7 Å². The third-order valence-electron chi connectivity index (χ3n) is 2.46. The van der Waals surface area contributed by atoms with Gasteiger partial charge in [-0.15, -0.1) is 0 Å². The molecular formula is C14H16BrN3OS. The molecule has 4 nitrogen and oxygen atoms in total. The van der Waals surface area contributed by atoms with E-state index in [0.717, 1.165) is 20.2 Å². The molecular weight excluding hydrogens is 338 g/mol. The lowest BCUT2D eigenvalue weighted by atomic mass is 10.4. The summed E-state index contributed by atoms with van der Waals surface area (Å²) in [6, 6.07) is 10.1. The maximum Gasteiger partial charge on any atom is 0.157 e. The first-order chi connectivity index (χ1) is 9.71. The fourth-order valence-electron chi connectivity index (χ4n) is 1.56. The molecule has 0 saturated heterocycles. The summed E-state index contributed by atoms with van der Waals surface area (Å²) in [4.78, 5) is 10.0. The molecule has 0 aliphatic rings. The summed E-state index contributed by atoms with van der Waals surface area (Å²) in [6.45, 7) is 3.04. The van der Waals surface area contributed by atoms with E-state index in [4.69, 9.17) is 4.74 Å². The van der Waals surface area contributed by atoms with Crippen molar-refractivity contribution in [1.82, 2.24) is 9.97 Å². The first-order valence-corrected chi connectivity index (χ1v) is 7.89. The molecule has 0 atom stereocenters. The van der Waals surface area contributed by atoms with Crippen LogP contribution in [-0.2, 0) is 11.3 Å². The molecule has 0 radical (unpaired) electrons. The van der Waals surface area contributed by atoms with Crippen molar-refractivity contribution in [2.75, 3.05) is 19.0 Å². The van der Waals surface area contributed by atoms with Gasteiger partial charge in [-0.2, -0.15) is 0 Å². The van der Waals surface area contributed by atoms with E-state index >= 15 is 0 Å². The van der Waals surface area contributed by atoms with Gasteiger partial charge in [0.2, 0.25) is 0 Å². The van der Waals surface area contributed by atoms with Gasteiger partial charge in [0.1, 0.15) is 17.5 Å². The fraction of sp³-hybridized carbons (Fsp3) is 0.286. The quantitative estimate of drug-likeness (QED) is 0.796. The van der Waals surface area contributed by atoms with Crippen LogP contribution >= 0.6 is 27.7 Å². The van der Waals surface area contributed by atoms with Gasteiger partial charge in [0.25, 0.3) is 0 Å². The number of hydrogen-bond donors (Lipinski definition) is 1. The van der Waals surface area contributed by atoms with E-state index in [9.17, 15) is 0 Å². The van der Waals surface area contributed by atoms with Gasteiger partial charge >= 0.3 is 0 Å². The number of nitrogens with zero attached hydrogens (tertiary/aromatic N) is 2. The number of ether oxygens (including phenoxy) is 1. The smallest absolute Gasteiger partial charge is 0.157 e. The van der Waals surface area contributed by atoms with E-state index < -0.39 is 0 Å². The van der Waals surface area contributed by atoms with Crippen molar-refractivity contribution in [2.45, 2.75) is 23.5 Å². The molecule has 20 heavy (non-hydrogen) atoms. The van der Waals surface area contributed by atoms with Crippen molar-refractivity contribution in [3.63, 3.8) is 0 Å². The molecule has 0 bridgehead atoms. The highest BCUT2D eigenvalue weighted by atomic mass is 79.9. The minimum Gasteiger partial charge on any atom is -0.374 e. The normalized spacial score (nSPS) is 10.6. The Labute approximate surface area is 131 Å². The number of aromatic nitrogens is 2. The van der Waals surface area contributed by atoms with Gasteiger partial charge in [-0.3, -0.25) is 0 Å².